The van der Waals surface area contributed by atoms with Crippen LogP contribution in [0.1, 0.15) is 55.7 Å². The minimum absolute atomic E-state index is 0.000181. The highest BCUT2D eigenvalue weighted by Gasteiger charge is 2.49. The van der Waals surface area contributed by atoms with E-state index in [2.05, 4.69) is 15.2 Å². The molecule has 0 radical (unpaired) electrons. The Bertz CT molecular complexity index is 1590. The van der Waals surface area contributed by atoms with E-state index in [1.807, 2.05) is 41.4 Å². The minimum Gasteiger partial charge on any atom is -0.371 e. The van der Waals surface area contributed by atoms with Crippen LogP contribution < -0.4 is 10.7 Å². The van der Waals surface area contributed by atoms with Crippen molar-refractivity contribution < 1.29 is 18.3 Å². The van der Waals surface area contributed by atoms with Crippen LogP contribution in [-0.2, 0) is 11.3 Å². The molecule has 2 N–H and O–H groups in total. The molecule has 4 aliphatic rings. The Kier molecular flexibility index (Phi) is 8.22. The van der Waals surface area contributed by atoms with E-state index in [0.717, 1.165) is 75.0 Å². The first kappa shape index (κ1) is 30.1. The zero-order valence-electron chi connectivity index (χ0n) is 25.6. The largest absolute Gasteiger partial charge is 0.371 e. The van der Waals surface area contributed by atoms with Crippen molar-refractivity contribution in [3.05, 3.63) is 93.8 Å². The zero-order chi connectivity index (χ0) is 31.0. The summed E-state index contributed by atoms with van der Waals surface area (Å²) in [6.45, 7) is 4.20. The summed E-state index contributed by atoms with van der Waals surface area (Å²) >= 11 is 0. The quantitative estimate of drug-likeness (QED) is 0.428. The molecule has 3 aromatic rings. The van der Waals surface area contributed by atoms with Crippen LogP contribution >= 0.6 is 0 Å². The first-order valence-electron chi connectivity index (χ1n) is 16.2. The van der Waals surface area contributed by atoms with Gasteiger partial charge in [-0.05, 0) is 62.5 Å². The number of piperidine rings is 1. The smallest absolute Gasteiger partial charge is 0.320 e. The number of nitrogens with zero attached hydrogens (tertiary/aromatic N) is 3. The Hall–Kier alpha value is -3.60. The molecule has 1 atom stereocenters. The van der Waals surface area contributed by atoms with E-state index in [4.69, 9.17) is 4.74 Å². The Labute approximate surface area is 262 Å². The van der Waals surface area contributed by atoms with Crippen LogP contribution in [0, 0.1) is 11.6 Å². The highest BCUT2D eigenvalue weighted by Crippen LogP contribution is 2.41. The van der Waals surface area contributed by atoms with E-state index in [1.54, 1.807) is 11.0 Å². The van der Waals surface area contributed by atoms with Crippen molar-refractivity contribution in [2.24, 2.45) is 0 Å². The average molecular weight is 618 g/mol. The van der Waals surface area contributed by atoms with Crippen molar-refractivity contribution in [1.29, 1.82) is 0 Å². The van der Waals surface area contributed by atoms with Crippen molar-refractivity contribution in [2.75, 3.05) is 45.9 Å². The molecular formula is C35H41F2N5O3. The van der Waals surface area contributed by atoms with Crippen LogP contribution in [0.3, 0.4) is 0 Å². The number of piperazine rings is 1. The number of carbonyl (C=O) groups is 1. The summed E-state index contributed by atoms with van der Waals surface area (Å²) in [6, 6.07) is 14.0. The summed E-state index contributed by atoms with van der Waals surface area (Å²) in [5.41, 5.74) is 1.88. The molecule has 1 aliphatic carbocycles. The molecule has 45 heavy (non-hydrogen) atoms. The van der Waals surface area contributed by atoms with Gasteiger partial charge in [0.15, 0.2) is 5.43 Å². The molecule has 2 aromatic carbocycles. The van der Waals surface area contributed by atoms with Gasteiger partial charge in [-0.2, -0.15) is 0 Å². The number of aromatic nitrogens is 1. The lowest BCUT2D eigenvalue weighted by molar-refractivity contribution is -0.139. The molecule has 3 aliphatic heterocycles. The van der Waals surface area contributed by atoms with Gasteiger partial charge in [-0.3, -0.25) is 9.69 Å². The number of morpholine rings is 1. The third kappa shape index (κ3) is 5.91. The normalized spacial score (nSPS) is 23.1. The molecule has 2 amide bonds. The van der Waals surface area contributed by atoms with E-state index in [-0.39, 0.29) is 29.2 Å². The molecular weight excluding hydrogens is 576 g/mol. The van der Waals surface area contributed by atoms with Gasteiger partial charge in [0.1, 0.15) is 11.6 Å². The molecule has 4 fully saturated rings. The Morgan fingerprint density at radius 3 is 2.49 bits per heavy atom. The number of H-pyrrole nitrogens is 1. The van der Waals surface area contributed by atoms with Crippen LogP contribution in [0.25, 0.3) is 11.3 Å². The van der Waals surface area contributed by atoms with E-state index < -0.39 is 23.3 Å². The maximum absolute atomic E-state index is 15.1. The van der Waals surface area contributed by atoms with Gasteiger partial charge in [-0.25, -0.2) is 13.6 Å². The maximum atomic E-state index is 15.1. The van der Waals surface area contributed by atoms with Crippen molar-refractivity contribution in [3.63, 3.8) is 0 Å². The zero-order valence-corrected chi connectivity index (χ0v) is 25.6. The first-order chi connectivity index (χ1) is 21.8. The maximum Gasteiger partial charge on any atom is 0.320 e. The van der Waals surface area contributed by atoms with Crippen molar-refractivity contribution in [2.45, 2.75) is 62.3 Å². The number of ether oxygens (including phenoxy) is 1. The summed E-state index contributed by atoms with van der Waals surface area (Å²) in [6.07, 6.45) is 7.35. The minimum atomic E-state index is -0.715. The number of urea groups is 1. The van der Waals surface area contributed by atoms with Gasteiger partial charge in [-0.1, -0.05) is 43.2 Å². The fourth-order valence-electron chi connectivity index (χ4n) is 7.95. The van der Waals surface area contributed by atoms with Crippen molar-refractivity contribution in [1.82, 2.24) is 25.0 Å². The van der Waals surface area contributed by atoms with Gasteiger partial charge in [0.25, 0.3) is 0 Å². The summed E-state index contributed by atoms with van der Waals surface area (Å²) in [7, 11) is 0. The molecule has 3 saturated heterocycles. The van der Waals surface area contributed by atoms with Crippen LogP contribution in [0.4, 0.5) is 13.6 Å². The number of halogens is 2. The average Bonchev–Trinajstić information content (AvgIpc) is 3.53. The molecule has 0 unspecified atom stereocenters. The molecule has 4 heterocycles. The number of nitrogens with one attached hydrogen (secondary N) is 2. The van der Waals surface area contributed by atoms with E-state index in [1.165, 1.54) is 6.07 Å². The van der Waals surface area contributed by atoms with E-state index in [0.29, 0.717) is 38.3 Å². The lowest BCUT2D eigenvalue weighted by Gasteiger charge is -2.53. The molecule has 1 aromatic heterocycles. The summed E-state index contributed by atoms with van der Waals surface area (Å²) in [4.78, 5) is 37.1. The molecule has 0 bridgehead atoms. The summed E-state index contributed by atoms with van der Waals surface area (Å²) in [5.74, 6) is -1.07. The van der Waals surface area contributed by atoms with E-state index in [9.17, 15) is 14.0 Å². The first-order valence-corrected chi connectivity index (χ1v) is 16.2. The topological polar surface area (TPSA) is 80.9 Å². The lowest BCUT2D eigenvalue weighted by Crippen LogP contribution is -2.66. The summed E-state index contributed by atoms with van der Waals surface area (Å²) in [5, 5.41) is 3.36. The van der Waals surface area contributed by atoms with Gasteiger partial charge in [0.05, 0.1) is 24.8 Å². The highest BCUT2D eigenvalue weighted by atomic mass is 19.1. The van der Waals surface area contributed by atoms with E-state index >= 15 is 4.39 Å². The SMILES string of the molecule is O=C(N1CCN(Cc2c[nH]c(-c3ccccc3)cc2=O)C2(CCCC2)C1)N1CC2(CCNCC2)OC[C@H]1c1cc(F)ccc1F. The predicted molar refractivity (Wildman–Crippen MR) is 168 cm³/mol. The van der Waals surface area contributed by atoms with Gasteiger partial charge in [0, 0.05) is 60.8 Å². The second-order valence-electron chi connectivity index (χ2n) is 13.2. The predicted octanol–water partition coefficient (Wildman–Crippen LogP) is 5.07. The Morgan fingerprint density at radius 2 is 1.73 bits per heavy atom. The highest BCUT2D eigenvalue weighted by molar-refractivity contribution is 5.76. The van der Waals surface area contributed by atoms with Gasteiger partial charge in [0.2, 0.25) is 0 Å². The molecule has 8 nitrogen and oxygen atoms in total. The molecule has 1 saturated carbocycles. The number of amides is 2. The lowest BCUT2D eigenvalue weighted by atomic mass is 9.88. The van der Waals surface area contributed by atoms with Crippen LogP contribution in [0.15, 0.2) is 65.6 Å². The number of carbonyl (C=O) groups excluding carboxylic acids is 1. The number of hydrogen-bond acceptors (Lipinski definition) is 5. The number of rotatable bonds is 4. The Morgan fingerprint density at radius 1 is 0.956 bits per heavy atom. The third-order valence-corrected chi connectivity index (χ3v) is 10.5. The number of aromatic amines is 1. The second-order valence-corrected chi connectivity index (χ2v) is 13.2. The molecule has 10 heteroatoms. The summed E-state index contributed by atoms with van der Waals surface area (Å²) < 4.78 is 35.8. The Balaban J connectivity index is 1.13. The number of benzene rings is 2. The fraction of sp³-hybridized carbons (Fsp3) is 0.486. The number of pyridine rings is 1. The second kappa shape index (κ2) is 12.3. The van der Waals surface area contributed by atoms with Crippen molar-refractivity contribution in [3.8, 4) is 11.3 Å². The number of hydrogen-bond donors (Lipinski definition) is 2. The van der Waals surface area contributed by atoms with Crippen LogP contribution in [0.5, 0.6) is 0 Å². The molecule has 2 spiro atoms. The van der Waals surface area contributed by atoms with Gasteiger partial charge >= 0.3 is 6.03 Å². The van der Waals surface area contributed by atoms with Gasteiger partial charge < -0.3 is 24.8 Å². The van der Waals surface area contributed by atoms with Crippen molar-refractivity contribution >= 4 is 6.03 Å². The van der Waals surface area contributed by atoms with Crippen LogP contribution in [-0.4, -0.2) is 82.7 Å². The monoisotopic (exact) mass is 617 g/mol. The van der Waals surface area contributed by atoms with Gasteiger partial charge in [-0.15, -0.1) is 0 Å². The fourth-order valence-corrected chi connectivity index (χ4v) is 7.95. The third-order valence-electron chi connectivity index (χ3n) is 10.5. The standard InChI is InChI=1S/C35H41F2N5O3/c36-27-8-9-29(37)28(18-27)31-22-45-35(12-14-38-15-13-35)24-42(31)33(44)40-16-17-41(34(23-40)10-4-5-11-34)21-26-20-39-30(19-32(26)43)25-6-2-1-3-7-25/h1-3,6-9,18-20,31,38H,4-5,10-17,21-24H2,(H,39,43)/t31-/m0/s1. The molecule has 7 rings (SSSR count). The van der Waals surface area contributed by atoms with Crippen LogP contribution in [0.2, 0.25) is 0 Å². The molecule has 238 valence electrons.